The molecule has 0 saturated carbocycles. The van der Waals surface area contributed by atoms with Crippen molar-refractivity contribution >= 4 is 29.7 Å². The van der Waals surface area contributed by atoms with Crippen LogP contribution < -0.4 is 11.1 Å². The van der Waals surface area contributed by atoms with E-state index in [1.165, 1.54) is 23.6 Å². The summed E-state index contributed by atoms with van der Waals surface area (Å²) in [5, 5.41) is 38.0. The first-order valence-corrected chi connectivity index (χ1v) is 10.7. The molecule has 188 valence electrons. The van der Waals surface area contributed by atoms with Crippen molar-refractivity contribution in [2.75, 3.05) is 13.1 Å². The Kier molecular flexibility index (Phi) is 10.7. The van der Waals surface area contributed by atoms with Gasteiger partial charge in [0.25, 0.3) is 5.97 Å². The van der Waals surface area contributed by atoms with E-state index < -0.39 is 66.0 Å². The SMILES string of the molecule is CC(=O)O.C[C@@H](O)[C@H](N)C(=O)N1CCC[C@H]1C(=O)N1CCC[C@H]1C(=O)N[C@H](C(=O)O)[C@@H](C)O. The maximum absolute atomic E-state index is 13.1. The molecule has 13 nitrogen and oxygen atoms in total. The van der Waals surface area contributed by atoms with Crippen molar-refractivity contribution in [1.82, 2.24) is 15.1 Å². The van der Waals surface area contributed by atoms with Gasteiger partial charge in [0.2, 0.25) is 17.7 Å². The molecule has 6 atom stereocenters. The largest absolute Gasteiger partial charge is 0.481 e. The molecule has 3 amide bonds. The lowest BCUT2D eigenvalue weighted by molar-refractivity contribution is -0.149. The van der Waals surface area contributed by atoms with Gasteiger partial charge in [0, 0.05) is 20.0 Å². The van der Waals surface area contributed by atoms with Gasteiger partial charge in [0.05, 0.1) is 12.2 Å². The monoisotopic (exact) mass is 474 g/mol. The number of amides is 3. The Bertz CT molecular complexity index is 739. The molecule has 2 fully saturated rings. The Morgan fingerprint density at radius 1 is 0.909 bits per heavy atom. The predicted octanol–water partition coefficient (Wildman–Crippen LogP) is -2.28. The molecule has 7 N–H and O–H groups in total. The van der Waals surface area contributed by atoms with Crippen LogP contribution in [-0.4, -0.2) is 109 Å². The fourth-order valence-corrected chi connectivity index (χ4v) is 3.82. The number of carboxylic acids is 2. The summed E-state index contributed by atoms with van der Waals surface area (Å²) in [5.41, 5.74) is 5.73. The maximum Gasteiger partial charge on any atom is 0.328 e. The molecule has 0 aromatic carbocycles. The third-order valence-corrected chi connectivity index (χ3v) is 5.51. The Hall–Kier alpha value is -2.77. The normalized spacial score (nSPS) is 23.6. The number of aliphatic hydroxyl groups excluding tert-OH is 2. The van der Waals surface area contributed by atoms with Crippen molar-refractivity contribution in [3.05, 3.63) is 0 Å². The molecule has 0 unspecified atom stereocenters. The van der Waals surface area contributed by atoms with Crippen molar-refractivity contribution in [3.8, 4) is 0 Å². The molecule has 0 aliphatic carbocycles. The summed E-state index contributed by atoms with van der Waals surface area (Å²) in [6.07, 6.45) is -0.415. The fourth-order valence-electron chi connectivity index (χ4n) is 3.82. The van der Waals surface area contributed by atoms with Crippen LogP contribution in [0.3, 0.4) is 0 Å². The first kappa shape index (κ1) is 28.3. The molecular formula is C20H34N4O9. The zero-order chi connectivity index (χ0) is 25.5. The number of rotatable bonds is 7. The number of carboxylic acid groups (broad SMARTS) is 2. The standard InChI is InChI=1S/C18H30N4O7.C2H4O2/c1-9(23)13(19)17(27)22-8-4-6-12(22)16(26)21-7-3-5-11(21)15(25)20-14(10(2)24)18(28)29;1-2(3)4/h9-14,23-24H,3-8,19H2,1-2H3,(H,20,25)(H,28,29);1H3,(H,3,4)/t9-,10-,11+,12+,13+,14+;/m1./s1. The minimum absolute atomic E-state index is 0.310. The van der Waals surface area contributed by atoms with E-state index in [0.717, 1.165) is 6.92 Å². The molecule has 0 radical (unpaired) electrons. The number of hydrogen-bond donors (Lipinski definition) is 6. The molecule has 2 rings (SSSR count). The van der Waals surface area contributed by atoms with Crippen molar-refractivity contribution < 1.29 is 44.4 Å². The number of nitrogens with two attached hydrogens (primary N) is 1. The molecule has 0 aromatic rings. The van der Waals surface area contributed by atoms with Crippen LogP contribution in [0.2, 0.25) is 0 Å². The molecule has 2 aliphatic rings. The molecule has 33 heavy (non-hydrogen) atoms. The van der Waals surface area contributed by atoms with Crippen molar-refractivity contribution in [2.45, 2.75) is 82.8 Å². The molecule has 2 saturated heterocycles. The van der Waals surface area contributed by atoms with E-state index in [4.69, 9.17) is 20.7 Å². The van der Waals surface area contributed by atoms with Crippen LogP contribution in [0.5, 0.6) is 0 Å². The number of aliphatic hydroxyl groups is 2. The molecule has 0 aromatic heterocycles. The smallest absolute Gasteiger partial charge is 0.328 e. The Morgan fingerprint density at radius 3 is 1.85 bits per heavy atom. The lowest BCUT2D eigenvalue weighted by atomic mass is 10.1. The van der Waals surface area contributed by atoms with Gasteiger partial charge in [-0.2, -0.15) is 0 Å². The van der Waals surface area contributed by atoms with E-state index in [-0.39, 0.29) is 0 Å². The average molecular weight is 475 g/mol. The summed E-state index contributed by atoms with van der Waals surface area (Å²) in [4.78, 5) is 61.2. The van der Waals surface area contributed by atoms with Gasteiger partial charge in [-0.05, 0) is 39.5 Å². The van der Waals surface area contributed by atoms with E-state index in [1.54, 1.807) is 0 Å². The van der Waals surface area contributed by atoms with Gasteiger partial charge < -0.3 is 41.3 Å². The number of nitrogens with one attached hydrogen (secondary N) is 1. The second-order valence-corrected chi connectivity index (χ2v) is 8.23. The highest BCUT2D eigenvalue weighted by Crippen LogP contribution is 2.25. The second-order valence-electron chi connectivity index (χ2n) is 8.23. The molecule has 0 bridgehead atoms. The van der Waals surface area contributed by atoms with Crippen LogP contribution in [0.4, 0.5) is 0 Å². The van der Waals surface area contributed by atoms with Crippen LogP contribution >= 0.6 is 0 Å². The van der Waals surface area contributed by atoms with Crippen LogP contribution in [-0.2, 0) is 24.0 Å². The maximum atomic E-state index is 13.1. The van der Waals surface area contributed by atoms with Crippen LogP contribution in [0.1, 0.15) is 46.5 Å². The van der Waals surface area contributed by atoms with E-state index in [9.17, 15) is 29.4 Å². The first-order valence-electron chi connectivity index (χ1n) is 10.7. The highest BCUT2D eigenvalue weighted by atomic mass is 16.4. The van der Waals surface area contributed by atoms with Gasteiger partial charge in [-0.15, -0.1) is 0 Å². The molecule has 13 heteroatoms. The van der Waals surface area contributed by atoms with E-state index in [0.29, 0.717) is 38.8 Å². The van der Waals surface area contributed by atoms with Crippen LogP contribution in [0, 0.1) is 0 Å². The summed E-state index contributed by atoms with van der Waals surface area (Å²) in [7, 11) is 0. The summed E-state index contributed by atoms with van der Waals surface area (Å²) in [6.45, 7) is 4.38. The molecular weight excluding hydrogens is 440 g/mol. The first-order chi connectivity index (χ1) is 15.3. The number of likely N-dealkylation sites (tertiary alicyclic amines) is 2. The number of hydrogen-bond acceptors (Lipinski definition) is 8. The molecule has 2 heterocycles. The Balaban J connectivity index is 0.00000125. The number of nitrogens with zero attached hydrogens (tertiary/aromatic N) is 2. The van der Waals surface area contributed by atoms with Gasteiger partial charge >= 0.3 is 5.97 Å². The summed E-state index contributed by atoms with van der Waals surface area (Å²) < 4.78 is 0. The lowest BCUT2D eigenvalue weighted by Crippen LogP contribution is -2.58. The van der Waals surface area contributed by atoms with Crippen molar-refractivity contribution in [3.63, 3.8) is 0 Å². The van der Waals surface area contributed by atoms with Gasteiger partial charge in [0.1, 0.15) is 18.1 Å². The zero-order valence-corrected chi connectivity index (χ0v) is 19.0. The van der Waals surface area contributed by atoms with Gasteiger partial charge in [-0.1, -0.05) is 0 Å². The van der Waals surface area contributed by atoms with E-state index in [1.807, 2.05) is 0 Å². The lowest BCUT2D eigenvalue weighted by Gasteiger charge is -2.33. The predicted molar refractivity (Wildman–Crippen MR) is 114 cm³/mol. The molecule has 0 spiro atoms. The number of carbonyl (C=O) groups excluding carboxylic acids is 3. The van der Waals surface area contributed by atoms with Gasteiger partial charge in [-0.3, -0.25) is 19.2 Å². The summed E-state index contributed by atoms with van der Waals surface area (Å²) in [6, 6.07) is -4.25. The fraction of sp³-hybridized carbons (Fsp3) is 0.750. The van der Waals surface area contributed by atoms with E-state index in [2.05, 4.69) is 5.32 Å². The highest BCUT2D eigenvalue weighted by Gasteiger charge is 2.44. The Labute approximate surface area is 191 Å². The van der Waals surface area contributed by atoms with Crippen molar-refractivity contribution in [2.24, 2.45) is 5.73 Å². The second kappa shape index (κ2) is 12.5. The third-order valence-electron chi connectivity index (χ3n) is 5.51. The van der Waals surface area contributed by atoms with Gasteiger partial charge in [-0.25, -0.2) is 4.79 Å². The minimum Gasteiger partial charge on any atom is -0.481 e. The van der Waals surface area contributed by atoms with E-state index >= 15 is 0 Å². The number of aliphatic carboxylic acids is 2. The van der Waals surface area contributed by atoms with Gasteiger partial charge in [0.15, 0.2) is 6.04 Å². The van der Waals surface area contributed by atoms with Crippen LogP contribution in [0.25, 0.3) is 0 Å². The van der Waals surface area contributed by atoms with Crippen LogP contribution in [0.15, 0.2) is 0 Å². The zero-order valence-electron chi connectivity index (χ0n) is 19.0. The Morgan fingerprint density at radius 2 is 1.39 bits per heavy atom. The highest BCUT2D eigenvalue weighted by molar-refractivity contribution is 5.95. The summed E-state index contributed by atoms with van der Waals surface area (Å²) >= 11 is 0. The average Bonchev–Trinajstić information content (AvgIpc) is 3.38. The topological polar surface area (TPSA) is 211 Å². The quantitative estimate of drug-likeness (QED) is 0.233. The van der Waals surface area contributed by atoms with Crippen molar-refractivity contribution in [1.29, 1.82) is 0 Å². The molecule has 2 aliphatic heterocycles. The minimum atomic E-state index is -1.48. The summed E-state index contributed by atoms with van der Waals surface area (Å²) in [5.74, 6) is -3.77. The third kappa shape index (κ3) is 7.65. The number of carbonyl (C=O) groups is 5.